The molecular weight excluding hydrogens is 181 g/mol. The van der Waals surface area contributed by atoms with Crippen LogP contribution in [0.15, 0.2) is 18.3 Å². The van der Waals surface area contributed by atoms with Gasteiger partial charge in [-0.05, 0) is 13.0 Å². The smallest absolute Gasteiger partial charge is 0.344 e. The first kappa shape index (κ1) is 10.6. The number of aromatic nitrogens is 1. The summed E-state index contributed by atoms with van der Waals surface area (Å²) >= 11 is 0. The van der Waals surface area contributed by atoms with Gasteiger partial charge in [-0.3, -0.25) is 0 Å². The third kappa shape index (κ3) is 3.47. The fraction of sp³-hybridized carbons (Fsp3) is 0.333. The van der Waals surface area contributed by atoms with Gasteiger partial charge < -0.3 is 9.47 Å². The van der Waals surface area contributed by atoms with Crippen molar-refractivity contribution in [3.63, 3.8) is 0 Å². The number of carbonyl (C=O) groups is 1. The third-order valence-corrected chi connectivity index (χ3v) is 1.40. The lowest BCUT2D eigenvalue weighted by molar-refractivity contribution is -0.145. The molecule has 5 heteroatoms. The van der Waals surface area contributed by atoms with Gasteiger partial charge in [-0.2, -0.15) is 0 Å². The Hall–Kier alpha value is -1.52. The van der Waals surface area contributed by atoms with Crippen LogP contribution >= 0.6 is 0 Å². The van der Waals surface area contributed by atoms with Crippen molar-refractivity contribution in [1.82, 2.24) is 4.98 Å². The van der Waals surface area contributed by atoms with Crippen LogP contribution in [-0.2, 0) is 9.53 Å². The van der Waals surface area contributed by atoms with E-state index < -0.39 is 5.97 Å². The fourth-order valence-electron chi connectivity index (χ4n) is 0.813. The molecule has 0 amide bonds. The Morgan fingerprint density at radius 3 is 2.93 bits per heavy atom. The van der Waals surface area contributed by atoms with Crippen LogP contribution in [0.3, 0.4) is 0 Å². The second kappa shape index (κ2) is 5.27. The molecule has 0 saturated carbocycles. The number of pyridine rings is 1. The topological polar surface area (TPSA) is 48.4 Å². The molecule has 72 valence electrons. The summed E-state index contributed by atoms with van der Waals surface area (Å²) < 4.78 is 9.71. The van der Waals surface area contributed by atoms with E-state index in [4.69, 9.17) is 12.6 Å². The molecule has 0 saturated heterocycles. The van der Waals surface area contributed by atoms with Crippen LogP contribution in [0.2, 0.25) is 0 Å². The van der Waals surface area contributed by atoms with Crippen molar-refractivity contribution in [2.24, 2.45) is 0 Å². The van der Waals surface area contributed by atoms with Crippen molar-refractivity contribution < 1.29 is 14.3 Å². The first-order valence-corrected chi connectivity index (χ1v) is 4.22. The zero-order valence-electron chi connectivity index (χ0n) is 7.90. The van der Waals surface area contributed by atoms with Gasteiger partial charge in [0.05, 0.1) is 6.61 Å². The number of esters is 1. The van der Waals surface area contributed by atoms with Crippen molar-refractivity contribution in [2.45, 2.75) is 6.92 Å². The third-order valence-electron chi connectivity index (χ3n) is 1.40. The highest BCUT2D eigenvalue weighted by Gasteiger charge is 2.02. The standard InChI is InChI=1S/C9H10BNO3/c1-2-13-9(12)6-14-8-4-3-7(10)5-11-8/h3-5H,2,6H2,1H3. The van der Waals surface area contributed by atoms with E-state index in [0.717, 1.165) is 0 Å². The summed E-state index contributed by atoms with van der Waals surface area (Å²) in [6, 6.07) is 3.24. The largest absolute Gasteiger partial charge is 0.466 e. The zero-order chi connectivity index (χ0) is 10.4. The van der Waals surface area contributed by atoms with E-state index in [2.05, 4.69) is 9.72 Å². The Labute approximate surface area is 83.7 Å². The number of hydrogen-bond acceptors (Lipinski definition) is 4. The second-order valence-corrected chi connectivity index (χ2v) is 2.52. The summed E-state index contributed by atoms with van der Waals surface area (Å²) in [5.74, 6) is -0.0571. The number of hydrogen-bond donors (Lipinski definition) is 0. The van der Waals surface area contributed by atoms with Crippen LogP contribution in [0, 0.1) is 0 Å². The first-order chi connectivity index (χ1) is 6.72. The quantitative estimate of drug-likeness (QED) is 0.489. The molecular formula is C9H10BNO3. The highest BCUT2D eigenvalue weighted by atomic mass is 16.6. The van der Waals surface area contributed by atoms with E-state index in [0.29, 0.717) is 17.9 Å². The molecule has 1 heterocycles. The van der Waals surface area contributed by atoms with Gasteiger partial charge in [0.2, 0.25) is 5.88 Å². The maximum absolute atomic E-state index is 10.9. The number of nitrogens with zero attached hydrogens (tertiary/aromatic N) is 1. The van der Waals surface area contributed by atoms with Crippen LogP contribution in [0.25, 0.3) is 0 Å². The van der Waals surface area contributed by atoms with Crippen LogP contribution < -0.4 is 10.2 Å². The molecule has 0 bridgehead atoms. The minimum absolute atomic E-state index is 0.134. The van der Waals surface area contributed by atoms with Gasteiger partial charge >= 0.3 is 5.97 Å². The number of ether oxygens (including phenoxy) is 2. The molecule has 0 atom stereocenters. The van der Waals surface area contributed by atoms with Crippen molar-refractivity contribution in [3.05, 3.63) is 18.3 Å². The predicted octanol–water partition coefficient (Wildman–Crippen LogP) is -0.183. The van der Waals surface area contributed by atoms with Crippen LogP contribution in [0.4, 0.5) is 0 Å². The van der Waals surface area contributed by atoms with Gasteiger partial charge in [-0.25, -0.2) is 9.78 Å². The van der Waals surface area contributed by atoms with E-state index in [-0.39, 0.29) is 6.61 Å². The maximum atomic E-state index is 10.9. The average Bonchev–Trinajstić information content (AvgIpc) is 2.17. The summed E-state index contributed by atoms with van der Waals surface area (Å²) in [6.07, 6.45) is 1.46. The summed E-state index contributed by atoms with van der Waals surface area (Å²) in [6.45, 7) is 1.95. The minimum Gasteiger partial charge on any atom is -0.466 e. The molecule has 0 fully saturated rings. The maximum Gasteiger partial charge on any atom is 0.344 e. The Bertz CT molecular complexity index is 299. The molecule has 1 aromatic heterocycles. The molecule has 0 aromatic carbocycles. The first-order valence-electron chi connectivity index (χ1n) is 4.22. The van der Waals surface area contributed by atoms with Crippen LogP contribution in [-0.4, -0.2) is 32.0 Å². The Morgan fingerprint density at radius 1 is 1.57 bits per heavy atom. The van der Waals surface area contributed by atoms with E-state index in [1.54, 1.807) is 19.1 Å². The minimum atomic E-state index is -0.411. The summed E-state index contributed by atoms with van der Waals surface area (Å²) in [7, 11) is 5.42. The molecule has 14 heavy (non-hydrogen) atoms. The fourth-order valence-corrected chi connectivity index (χ4v) is 0.813. The summed E-state index contributed by atoms with van der Waals surface area (Å²) in [4.78, 5) is 14.7. The predicted molar refractivity (Wildman–Crippen MR) is 51.8 cm³/mol. The zero-order valence-corrected chi connectivity index (χ0v) is 7.90. The molecule has 1 rings (SSSR count). The molecule has 0 aliphatic heterocycles. The van der Waals surface area contributed by atoms with Crippen molar-refractivity contribution >= 4 is 19.3 Å². The number of rotatable bonds is 4. The van der Waals surface area contributed by atoms with Crippen molar-refractivity contribution in [1.29, 1.82) is 0 Å². The van der Waals surface area contributed by atoms with Gasteiger partial charge in [0.15, 0.2) is 6.61 Å². The normalized spacial score (nSPS) is 9.50. The SMILES string of the molecule is [B]c1ccc(OCC(=O)OCC)nc1. The Morgan fingerprint density at radius 2 is 2.36 bits per heavy atom. The monoisotopic (exact) mass is 191 g/mol. The van der Waals surface area contributed by atoms with Gasteiger partial charge in [0.25, 0.3) is 0 Å². The molecule has 0 aliphatic rings. The van der Waals surface area contributed by atoms with Gasteiger partial charge in [-0.1, -0.05) is 11.5 Å². The molecule has 2 radical (unpaired) electrons. The molecule has 0 spiro atoms. The highest BCUT2D eigenvalue weighted by Crippen LogP contribution is 2.01. The van der Waals surface area contributed by atoms with Gasteiger partial charge in [-0.15, -0.1) is 0 Å². The highest BCUT2D eigenvalue weighted by molar-refractivity contribution is 6.32. The number of carbonyl (C=O) groups excluding carboxylic acids is 1. The molecule has 0 aliphatic carbocycles. The lowest BCUT2D eigenvalue weighted by Crippen LogP contribution is -2.15. The van der Waals surface area contributed by atoms with E-state index in [9.17, 15) is 4.79 Å². The van der Waals surface area contributed by atoms with Gasteiger partial charge in [0, 0.05) is 6.20 Å². The lowest BCUT2D eigenvalue weighted by atomic mass is 9.99. The average molecular weight is 191 g/mol. The van der Waals surface area contributed by atoms with Crippen molar-refractivity contribution in [3.8, 4) is 5.88 Å². The van der Waals surface area contributed by atoms with Gasteiger partial charge in [0.1, 0.15) is 7.85 Å². The molecule has 4 nitrogen and oxygen atoms in total. The second-order valence-electron chi connectivity index (χ2n) is 2.52. The Kier molecular flexibility index (Phi) is 3.97. The van der Waals surface area contributed by atoms with E-state index in [1.807, 2.05) is 0 Å². The summed E-state index contributed by atoms with van der Waals surface area (Å²) in [5, 5.41) is 0. The van der Waals surface area contributed by atoms with Crippen LogP contribution in [0.5, 0.6) is 5.88 Å². The molecule has 0 unspecified atom stereocenters. The molecule has 1 aromatic rings. The summed E-state index contributed by atoms with van der Waals surface area (Å²) in [5.41, 5.74) is 0.550. The lowest BCUT2D eigenvalue weighted by Gasteiger charge is -2.04. The van der Waals surface area contributed by atoms with Crippen molar-refractivity contribution in [2.75, 3.05) is 13.2 Å². The van der Waals surface area contributed by atoms with E-state index >= 15 is 0 Å². The van der Waals surface area contributed by atoms with Crippen LogP contribution in [0.1, 0.15) is 6.92 Å². The molecule has 0 N–H and O–H groups in total. The van der Waals surface area contributed by atoms with E-state index in [1.165, 1.54) is 6.20 Å². The Balaban J connectivity index is 2.38.